The van der Waals surface area contributed by atoms with Gasteiger partial charge in [-0.25, -0.2) is 4.39 Å². The molecule has 111 heavy (non-hydrogen) atoms. The van der Waals surface area contributed by atoms with Crippen molar-refractivity contribution in [2.45, 2.75) is 24.7 Å². The second kappa shape index (κ2) is 27.3. The Labute approximate surface area is 646 Å². The van der Waals surface area contributed by atoms with Crippen LogP contribution in [-0.2, 0) is 10.8 Å². The molecule has 0 N–H and O–H groups in total. The number of hydrogen-bond donors (Lipinski definition) is 0. The minimum atomic E-state index is -0.537. The zero-order valence-corrected chi connectivity index (χ0v) is 61.5. The number of rotatable bonds is 13. The quantitative estimate of drug-likeness (QED) is 0.114. The van der Waals surface area contributed by atoms with Crippen LogP contribution < -0.4 is 9.80 Å². The summed E-state index contributed by atoms with van der Waals surface area (Å²) in [5.74, 6) is -0.264. The molecule has 0 saturated heterocycles. The van der Waals surface area contributed by atoms with Crippen molar-refractivity contribution >= 4 is 77.7 Å². The first-order valence-electron chi connectivity index (χ1n) is 38.2. The highest BCUT2D eigenvalue weighted by Crippen LogP contribution is 2.58. The first-order valence-corrected chi connectivity index (χ1v) is 38.2. The standard InChI is InChI=1S/C55H37FN2.C51H38N2/c56-42-27-31-45(32-28-42)57(44-29-24-38(25-30-44)39-26-35-54-50(36-39)49-21-11-13-23-53(49)58(54)43-18-8-3-9-19-43)46-33-34-48-47-20-10-12-22-51(47)55(52(48)37-46,40-14-4-1-5-15-40)41-16-6-2-7-17-41;1-51(2)47-19-11-9-17-43(47)44-31-30-42(34-48(44)51)52(40-26-21-36(22-27-40)35-13-5-3-6-14-35)41-28-23-37(24-29-41)38-25-32-50-46(33-38)45-18-10-12-20-49(45)53(50)39-15-7-4-8-16-39/h1-37H;3-34H,1-2H3. The smallest absolute Gasteiger partial charge is 0.123 e. The topological polar surface area (TPSA) is 16.3 Å². The molecule has 0 aliphatic heterocycles. The lowest BCUT2D eigenvalue weighted by molar-refractivity contribution is 0.628. The Morgan fingerprint density at radius 3 is 1.01 bits per heavy atom. The molecule has 5 heteroatoms. The number of aromatic nitrogens is 2. The van der Waals surface area contributed by atoms with E-state index in [1.807, 2.05) is 12.1 Å². The number of fused-ring (bicyclic) bond motifs is 12. The van der Waals surface area contributed by atoms with Crippen LogP contribution in [0.1, 0.15) is 47.2 Å². The summed E-state index contributed by atoms with van der Waals surface area (Å²) in [4.78, 5) is 4.64. The molecule has 0 bridgehead atoms. The summed E-state index contributed by atoms with van der Waals surface area (Å²) in [7, 11) is 0. The van der Waals surface area contributed by atoms with Crippen molar-refractivity contribution in [3.63, 3.8) is 0 Å². The van der Waals surface area contributed by atoms with Crippen LogP contribution in [0.4, 0.5) is 38.5 Å². The second-order valence-corrected chi connectivity index (χ2v) is 29.7. The Morgan fingerprint density at radius 2 is 0.541 bits per heavy atom. The number of para-hydroxylation sites is 4. The van der Waals surface area contributed by atoms with E-state index < -0.39 is 5.41 Å². The highest BCUT2D eigenvalue weighted by Gasteiger charge is 2.46. The van der Waals surface area contributed by atoms with Crippen molar-refractivity contribution < 1.29 is 4.39 Å². The molecule has 0 radical (unpaired) electrons. The maximum absolute atomic E-state index is 14.5. The van der Waals surface area contributed by atoms with E-state index in [0.717, 1.165) is 50.9 Å². The van der Waals surface area contributed by atoms with Crippen molar-refractivity contribution in [1.29, 1.82) is 0 Å². The number of anilines is 6. The fraction of sp³-hybridized carbons (Fsp3) is 0.0377. The number of halogens is 1. The molecule has 17 aromatic carbocycles. The largest absolute Gasteiger partial charge is 0.310 e. The molecule has 0 atom stereocenters. The van der Waals surface area contributed by atoms with Gasteiger partial charge in [0.1, 0.15) is 5.82 Å². The van der Waals surface area contributed by atoms with Crippen molar-refractivity contribution in [1.82, 2.24) is 9.13 Å². The SMILES string of the molecule is CC1(C)c2ccccc2-c2ccc(N(c3ccc(-c4ccccc4)cc3)c3ccc(-c4ccc5c(c4)c4ccccc4n5-c4ccccc4)cc3)cc21.Fc1ccc(N(c2ccc(-c3ccc4c(c3)c3ccccc3n4-c3ccccc3)cc2)c2ccc3c(c2)C(c2ccccc2)(c2ccccc2)c2ccccc2-3)cc1. The normalized spacial score (nSPS) is 12.8. The second-order valence-electron chi connectivity index (χ2n) is 29.7. The van der Waals surface area contributed by atoms with Gasteiger partial charge in [0, 0.05) is 72.5 Å². The average molecular weight is 1420 g/mol. The van der Waals surface area contributed by atoms with Gasteiger partial charge in [-0.1, -0.05) is 287 Å². The summed E-state index contributed by atoms with van der Waals surface area (Å²) < 4.78 is 19.2. The van der Waals surface area contributed by atoms with Gasteiger partial charge in [-0.15, -0.1) is 0 Å². The molecular weight excluding hydrogens is 1350 g/mol. The molecule has 0 amide bonds. The van der Waals surface area contributed by atoms with E-state index >= 15 is 0 Å². The summed E-state index contributed by atoms with van der Waals surface area (Å²) in [6.07, 6.45) is 0. The van der Waals surface area contributed by atoms with Crippen molar-refractivity contribution in [2.24, 2.45) is 0 Å². The van der Waals surface area contributed by atoms with Crippen LogP contribution >= 0.6 is 0 Å². The Balaban J connectivity index is 0.000000146. The average Bonchev–Trinajstić information content (AvgIpc) is 1.55. The summed E-state index contributed by atoms with van der Waals surface area (Å²) in [5.41, 5.74) is 32.6. The first-order chi connectivity index (χ1) is 54.7. The van der Waals surface area contributed by atoms with E-state index in [1.54, 1.807) is 12.1 Å². The highest BCUT2D eigenvalue weighted by molar-refractivity contribution is 6.12. The highest BCUT2D eigenvalue weighted by atomic mass is 19.1. The van der Waals surface area contributed by atoms with Gasteiger partial charge in [-0.2, -0.15) is 0 Å². The summed E-state index contributed by atoms with van der Waals surface area (Å²) in [6, 6.07) is 150. The zero-order chi connectivity index (χ0) is 74.2. The molecule has 2 heterocycles. The fourth-order valence-electron chi connectivity index (χ4n) is 17.9. The predicted molar refractivity (Wildman–Crippen MR) is 462 cm³/mol. The molecule has 21 rings (SSSR count). The third-order valence-corrected chi connectivity index (χ3v) is 23.1. The number of hydrogen-bond acceptors (Lipinski definition) is 2. The molecular formula is C106H75FN4. The maximum atomic E-state index is 14.5. The van der Waals surface area contributed by atoms with Crippen LogP contribution in [0.5, 0.6) is 0 Å². The third kappa shape index (κ3) is 11.3. The van der Waals surface area contributed by atoms with Gasteiger partial charge in [0.2, 0.25) is 0 Å². The molecule has 2 aliphatic carbocycles. The molecule has 0 unspecified atom stereocenters. The van der Waals surface area contributed by atoms with Crippen molar-refractivity contribution in [3.8, 4) is 67.0 Å². The molecule has 0 spiro atoms. The summed E-state index contributed by atoms with van der Waals surface area (Å²) in [5, 5.41) is 4.96. The molecule has 2 aliphatic rings. The van der Waals surface area contributed by atoms with E-state index in [2.05, 4.69) is 427 Å². The monoisotopic (exact) mass is 1420 g/mol. The lowest BCUT2D eigenvalue weighted by atomic mass is 9.67. The van der Waals surface area contributed by atoms with Gasteiger partial charge in [-0.3, -0.25) is 0 Å². The maximum Gasteiger partial charge on any atom is 0.123 e. The summed E-state index contributed by atoms with van der Waals surface area (Å²) >= 11 is 0. The number of nitrogens with zero attached hydrogens (tertiary/aromatic N) is 4. The van der Waals surface area contributed by atoms with Crippen LogP contribution in [0.15, 0.2) is 419 Å². The lowest BCUT2D eigenvalue weighted by Crippen LogP contribution is -2.28. The molecule has 19 aromatic rings. The van der Waals surface area contributed by atoms with Gasteiger partial charge in [0.25, 0.3) is 0 Å². The molecule has 4 nitrogen and oxygen atoms in total. The van der Waals surface area contributed by atoms with E-state index in [9.17, 15) is 4.39 Å². The Kier molecular flexibility index (Phi) is 16.3. The Hall–Kier alpha value is -14.1. The van der Waals surface area contributed by atoms with Crippen molar-refractivity contribution in [3.05, 3.63) is 458 Å². The van der Waals surface area contributed by atoms with Crippen LogP contribution in [0.2, 0.25) is 0 Å². The van der Waals surface area contributed by atoms with Crippen LogP contribution in [0.3, 0.4) is 0 Å². The van der Waals surface area contributed by atoms with Gasteiger partial charge in [-0.05, 0) is 235 Å². The molecule has 0 fully saturated rings. The molecule has 526 valence electrons. The van der Waals surface area contributed by atoms with E-state index in [1.165, 1.54) is 127 Å². The van der Waals surface area contributed by atoms with E-state index in [-0.39, 0.29) is 11.2 Å². The fourth-order valence-corrected chi connectivity index (χ4v) is 17.9. The molecule has 0 saturated carbocycles. The zero-order valence-electron chi connectivity index (χ0n) is 61.5. The van der Waals surface area contributed by atoms with Gasteiger partial charge in [0.05, 0.1) is 27.5 Å². The predicted octanol–water partition coefficient (Wildman–Crippen LogP) is 28.3. The third-order valence-electron chi connectivity index (χ3n) is 23.1. The first kappa shape index (κ1) is 66.3. The Bertz CT molecular complexity index is 6650. The Morgan fingerprint density at radius 1 is 0.225 bits per heavy atom. The van der Waals surface area contributed by atoms with Crippen LogP contribution in [0.25, 0.3) is 111 Å². The lowest BCUT2D eigenvalue weighted by Gasteiger charge is -2.35. The minimum absolute atomic E-state index is 0.0864. The van der Waals surface area contributed by atoms with Crippen LogP contribution in [-0.4, -0.2) is 9.13 Å². The van der Waals surface area contributed by atoms with E-state index in [4.69, 9.17) is 0 Å². The van der Waals surface area contributed by atoms with Gasteiger partial charge >= 0.3 is 0 Å². The van der Waals surface area contributed by atoms with Crippen LogP contribution in [0, 0.1) is 5.82 Å². The van der Waals surface area contributed by atoms with Gasteiger partial charge < -0.3 is 18.9 Å². The van der Waals surface area contributed by atoms with E-state index in [0.29, 0.717) is 0 Å². The van der Waals surface area contributed by atoms with Gasteiger partial charge in [0.15, 0.2) is 0 Å². The number of benzene rings is 17. The minimum Gasteiger partial charge on any atom is -0.310 e. The van der Waals surface area contributed by atoms with Crippen molar-refractivity contribution in [2.75, 3.05) is 9.80 Å². The summed E-state index contributed by atoms with van der Waals surface area (Å²) in [6.45, 7) is 4.70. The molecule has 2 aromatic heterocycles.